The van der Waals surface area contributed by atoms with Crippen LogP contribution in [0.15, 0.2) is 12.7 Å². The van der Waals surface area contributed by atoms with Gasteiger partial charge in [0.2, 0.25) is 0 Å². The van der Waals surface area contributed by atoms with E-state index in [0.29, 0.717) is 51.8 Å². The molecule has 4 aliphatic carbocycles. The maximum absolute atomic E-state index is 13.4. The van der Waals surface area contributed by atoms with Crippen LogP contribution in [0.4, 0.5) is 0 Å². The molecule has 322 valence electrons. The van der Waals surface area contributed by atoms with E-state index in [9.17, 15) is 14.4 Å². The lowest BCUT2D eigenvalue weighted by Crippen LogP contribution is -2.42. The standard InChI is InChI=1S/C47H80O9/c1-4-6-7-8-17-32-55-47(50)43-35-42(56-46(49)37-20-23-40(24-21-37)51-28-13-10-12-16-31-54-45(48)5-2)26-27-44(43)53-30-15-11-9-14-29-52-41-25-22-38-33-36(3)18-19-39(38)34-41/h5,36-44H,2,4,6-35H2,1,3H3. The molecule has 0 heterocycles. The van der Waals surface area contributed by atoms with E-state index in [1.807, 2.05) is 0 Å². The molecule has 0 aliphatic heterocycles. The van der Waals surface area contributed by atoms with Crippen molar-refractivity contribution in [3.05, 3.63) is 12.7 Å². The SMILES string of the molecule is C=CC(=O)OCCCCCCOC1CCC(C(=O)OC2CCC(OCCCCCCOC3CCC4CC(C)CCC4C3)C(C(=O)OCCCCCCC)C2)CC1. The first-order valence-corrected chi connectivity index (χ1v) is 23.4. The van der Waals surface area contributed by atoms with Gasteiger partial charge in [0.05, 0.1) is 43.4 Å². The summed E-state index contributed by atoms with van der Waals surface area (Å²) in [6.07, 6.45) is 28.3. The van der Waals surface area contributed by atoms with Crippen molar-refractivity contribution >= 4 is 17.9 Å². The van der Waals surface area contributed by atoms with Crippen LogP contribution in [0.5, 0.6) is 0 Å². The van der Waals surface area contributed by atoms with E-state index in [4.69, 9.17) is 28.4 Å². The smallest absolute Gasteiger partial charge is 0.330 e. The van der Waals surface area contributed by atoms with Crippen LogP contribution in [-0.4, -0.2) is 75.4 Å². The van der Waals surface area contributed by atoms with Crippen molar-refractivity contribution < 1.29 is 42.8 Å². The Morgan fingerprint density at radius 3 is 1.77 bits per heavy atom. The summed E-state index contributed by atoms with van der Waals surface area (Å²) in [4.78, 5) is 37.8. The Hall–Kier alpha value is -1.97. The second kappa shape index (κ2) is 27.7. The second-order valence-electron chi connectivity index (χ2n) is 17.8. The molecule has 0 spiro atoms. The summed E-state index contributed by atoms with van der Waals surface area (Å²) in [6, 6.07) is 0. The van der Waals surface area contributed by atoms with E-state index < -0.39 is 5.92 Å². The van der Waals surface area contributed by atoms with E-state index in [1.165, 1.54) is 63.9 Å². The second-order valence-corrected chi connectivity index (χ2v) is 17.8. The minimum absolute atomic E-state index is 0.114. The zero-order valence-corrected chi connectivity index (χ0v) is 35.6. The van der Waals surface area contributed by atoms with Crippen molar-refractivity contribution in [2.75, 3.05) is 33.0 Å². The Bertz CT molecular complexity index is 1100. The van der Waals surface area contributed by atoms with Crippen molar-refractivity contribution in [2.45, 2.75) is 205 Å². The highest BCUT2D eigenvalue weighted by molar-refractivity contribution is 5.81. The van der Waals surface area contributed by atoms with Crippen molar-refractivity contribution in [3.63, 3.8) is 0 Å². The van der Waals surface area contributed by atoms with Crippen LogP contribution in [0.1, 0.15) is 181 Å². The first kappa shape index (κ1) is 46.7. The third kappa shape index (κ3) is 17.9. The molecule has 7 atom stereocenters. The van der Waals surface area contributed by atoms with Gasteiger partial charge in [0, 0.05) is 32.3 Å². The lowest BCUT2D eigenvalue weighted by atomic mass is 9.67. The van der Waals surface area contributed by atoms with Crippen LogP contribution in [0.3, 0.4) is 0 Å². The lowest BCUT2D eigenvalue weighted by Gasteiger charge is -2.41. The van der Waals surface area contributed by atoms with Gasteiger partial charge >= 0.3 is 17.9 Å². The number of carbonyl (C=O) groups excluding carboxylic acids is 3. The number of ether oxygens (including phenoxy) is 6. The van der Waals surface area contributed by atoms with Gasteiger partial charge in [-0.25, -0.2) is 4.79 Å². The van der Waals surface area contributed by atoms with Gasteiger partial charge in [-0.2, -0.15) is 0 Å². The number of fused-ring (bicyclic) bond motifs is 1. The molecule has 7 unspecified atom stereocenters. The molecule has 0 bridgehead atoms. The maximum atomic E-state index is 13.4. The number of hydrogen-bond acceptors (Lipinski definition) is 9. The largest absolute Gasteiger partial charge is 0.465 e. The summed E-state index contributed by atoms with van der Waals surface area (Å²) >= 11 is 0. The Morgan fingerprint density at radius 1 is 0.536 bits per heavy atom. The molecule has 4 rings (SSSR count). The number of hydrogen-bond donors (Lipinski definition) is 0. The molecule has 0 N–H and O–H groups in total. The highest BCUT2D eigenvalue weighted by atomic mass is 16.6. The number of carbonyl (C=O) groups is 3. The van der Waals surface area contributed by atoms with Crippen LogP contribution in [0.25, 0.3) is 0 Å². The molecule has 9 nitrogen and oxygen atoms in total. The molecule has 4 saturated carbocycles. The zero-order chi connectivity index (χ0) is 39.8. The van der Waals surface area contributed by atoms with Crippen LogP contribution in [-0.2, 0) is 42.8 Å². The summed E-state index contributed by atoms with van der Waals surface area (Å²) in [5.74, 6) is 1.53. The fraction of sp³-hybridized carbons (Fsp3) is 0.894. The van der Waals surface area contributed by atoms with Crippen molar-refractivity contribution in [3.8, 4) is 0 Å². The number of rotatable bonds is 27. The molecule has 0 aromatic rings. The van der Waals surface area contributed by atoms with Gasteiger partial charge in [0.25, 0.3) is 0 Å². The molecular formula is C47H80O9. The van der Waals surface area contributed by atoms with E-state index in [0.717, 1.165) is 114 Å². The molecule has 0 aromatic carbocycles. The molecule has 9 heteroatoms. The third-order valence-corrected chi connectivity index (χ3v) is 13.2. The minimum atomic E-state index is -0.403. The Kier molecular flexibility index (Phi) is 23.1. The first-order valence-electron chi connectivity index (χ1n) is 23.4. The molecule has 4 aliphatic rings. The lowest BCUT2D eigenvalue weighted by molar-refractivity contribution is -0.170. The molecule has 0 saturated heterocycles. The quantitative estimate of drug-likeness (QED) is 0.0348. The summed E-state index contributed by atoms with van der Waals surface area (Å²) in [7, 11) is 0. The highest BCUT2D eigenvalue weighted by Gasteiger charge is 2.40. The first-order chi connectivity index (χ1) is 27.4. The fourth-order valence-electron chi connectivity index (χ4n) is 9.68. The summed E-state index contributed by atoms with van der Waals surface area (Å²) < 4.78 is 35.8. The average Bonchev–Trinajstić information content (AvgIpc) is 3.21. The Labute approximate surface area is 340 Å². The minimum Gasteiger partial charge on any atom is -0.465 e. The maximum Gasteiger partial charge on any atom is 0.330 e. The monoisotopic (exact) mass is 789 g/mol. The van der Waals surface area contributed by atoms with Crippen LogP contribution < -0.4 is 0 Å². The predicted molar refractivity (Wildman–Crippen MR) is 220 cm³/mol. The normalized spacial score (nSPS) is 29.2. The molecule has 56 heavy (non-hydrogen) atoms. The summed E-state index contributed by atoms with van der Waals surface area (Å²) in [6.45, 7) is 11.1. The van der Waals surface area contributed by atoms with Crippen molar-refractivity contribution in [1.82, 2.24) is 0 Å². The van der Waals surface area contributed by atoms with Crippen LogP contribution in [0.2, 0.25) is 0 Å². The van der Waals surface area contributed by atoms with E-state index in [1.54, 1.807) is 0 Å². The topological polar surface area (TPSA) is 107 Å². The zero-order valence-electron chi connectivity index (χ0n) is 35.6. The Balaban J connectivity index is 1.09. The molecule has 0 aromatic heterocycles. The van der Waals surface area contributed by atoms with E-state index in [-0.39, 0.29) is 42.1 Å². The predicted octanol–water partition coefficient (Wildman–Crippen LogP) is 10.6. The van der Waals surface area contributed by atoms with E-state index >= 15 is 0 Å². The third-order valence-electron chi connectivity index (χ3n) is 13.2. The molecule has 0 radical (unpaired) electrons. The number of unbranched alkanes of at least 4 members (excludes halogenated alkanes) is 10. The van der Waals surface area contributed by atoms with Gasteiger partial charge in [-0.3, -0.25) is 9.59 Å². The van der Waals surface area contributed by atoms with Gasteiger partial charge < -0.3 is 28.4 Å². The van der Waals surface area contributed by atoms with Gasteiger partial charge in [-0.15, -0.1) is 0 Å². The molecule has 4 fully saturated rings. The van der Waals surface area contributed by atoms with Crippen molar-refractivity contribution in [2.24, 2.45) is 29.6 Å². The van der Waals surface area contributed by atoms with Crippen LogP contribution in [0, 0.1) is 29.6 Å². The van der Waals surface area contributed by atoms with Gasteiger partial charge in [-0.05, 0) is 127 Å². The highest BCUT2D eigenvalue weighted by Crippen LogP contribution is 2.43. The van der Waals surface area contributed by atoms with Gasteiger partial charge in [-0.1, -0.05) is 71.8 Å². The summed E-state index contributed by atoms with van der Waals surface area (Å²) in [5.41, 5.74) is 0. The Morgan fingerprint density at radius 2 is 1.09 bits per heavy atom. The fourth-order valence-corrected chi connectivity index (χ4v) is 9.68. The molecule has 0 amide bonds. The molecular weight excluding hydrogens is 709 g/mol. The van der Waals surface area contributed by atoms with Crippen LogP contribution >= 0.6 is 0 Å². The van der Waals surface area contributed by atoms with Crippen molar-refractivity contribution in [1.29, 1.82) is 0 Å². The number of esters is 3. The summed E-state index contributed by atoms with van der Waals surface area (Å²) in [5, 5.41) is 0. The van der Waals surface area contributed by atoms with Gasteiger partial charge in [0.15, 0.2) is 0 Å². The van der Waals surface area contributed by atoms with E-state index in [2.05, 4.69) is 20.4 Å². The average molecular weight is 789 g/mol. The van der Waals surface area contributed by atoms with Gasteiger partial charge in [0.1, 0.15) is 6.10 Å².